The second-order valence-electron chi connectivity index (χ2n) is 6.08. The van der Waals surface area contributed by atoms with Gasteiger partial charge in [-0.05, 0) is 23.6 Å². The lowest BCUT2D eigenvalue weighted by molar-refractivity contribution is 0.626. The van der Waals surface area contributed by atoms with E-state index in [2.05, 4.69) is 44.6 Å². The maximum absolute atomic E-state index is 13.3. The summed E-state index contributed by atoms with van der Waals surface area (Å²) >= 11 is 0. The number of hydrogen-bond donors (Lipinski definition) is 4. The molecule has 0 aliphatic carbocycles. The summed E-state index contributed by atoms with van der Waals surface area (Å²) in [6.45, 7) is 5.63. The topological polar surface area (TPSA) is 105 Å². The van der Waals surface area contributed by atoms with Crippen molar-refractivity contribution < 1.29 is 4.39 Å². The first-order valence-corrected chi connectivity index (χ1v) is 8.26. The molecule has 0 spiro atoms. The van der Waals surface area contributed by atoms with Crippen molar-refractivity contribution in [2.45, 2.75) is 26.3 Å². The first kappa shape index (κ1) is 17.1. The largest absolute Gasteiger partial charge is 0.364 e. The zero-order valence-electron chi connectivity index (χ0n) is 14.3. The fraction of sp³-hybridized carbons (Fsp3) is 0.353. The Morgan fingerprint density at radius 2 is 2.04 bits per heavy atom. The van der Waals surface area contributed by atoms with Crippen molar-refractivity contribution in [2.75, 3.05) is 23.7 Å². The van der Waals surface area contributed by atoms with E-state index < -0.39 is 0 Å². The SMILES string of the molecule is CC(C)c1[nH]nc2c(NCc3cccc(F)c3)nc(NCCN)nc12. The van der Waals surface area contributed by atoms with Crippen LogP contribution in [-0.4, -0.2) is 33.3 Å². The molecule has 132 valence electrons. The number of anilines is 2. The first-order chi connectivity index (χ1) is 12.1. The highest BCUT2D eigenvalue weighted by molar-refractivity contribution is 5.88. The van der Waals surface area contributed by atoms with Gasteiger partial charge in [0.1, 0.15) is 11.3 Å². The van der Waals surface area contributed by atoms with Gasteiger partial charge < -0.3 is 16.4 Å². The van der Waals surface area contributed by atoms with Crippen LogP contribution < -0.4 is 16.4 Å². The average molecular weight is 343 g/mol. The van der Waals surface area contributed by atoms with Crippen molar-refractivity contribution in [3.63, 3.8) is 0 Å². The Kier molecular flexibility index (Phi) is 5.08. The van der Waals surface area contributed by atoms with E-state index in [1.807, 2.05) is 6.07 Å². The molecule has 0 aliphatic rings. The minimum absolute atomic E-state index is 0.248. The van der Waals surface area contributed by atoms with Crippen molar-refractivity contribution in [1.29, 1.82) is 0 Å². The lowest BCUT2D eigenvalue weighted by Gasteiger charge is -2.10. The van der Waals surface area contributed by atoms with Crippen LogP contribution in [-0.2, 0) is 6.54 Å². The number of aromatic nitrogens is 4. The third kappa shape index (κ3) is 3.85. The smallest absolute Gasteiger partial charge is 0.225 e. The van der Waals surface area contributed by atoms with Gasteiger partial charge in [0.05, 0.1) is 5.69 Å². The van der Waals surface area contributed by atoms with Gasteiger partial charge in [0.25, 0.3) is 0 Å². The fourth-order valence-electron chi connectivity index (χ4n) is 2.54. The number of hydrogen-bond acceptors (Lipinski definition) is 6. The molecule has 5 N–H and O–H groups in total. The minimum atomic E-state index is -0.265. The summed E-state index contributed by atoms with van der Waals surface area (Å²) in [5.74, 6) is 1.07. The molecule has 0 atom stereocenters. The van der Waals surface area contributed by atoms with Crippen molar-refractivity contribution in [3.8, 4) is 0 Å². The van der Waals surface area contributed by atoms with E-state index in [1.54, 1.807) is 6.07 Å². The van der Waals surface area contributed by atoms with E-state index in [9.17, 15) is 4.39 Å². The Morgan fingerprint density at radius 3 is 2.76 bits per heavy atom. The Hall–Kier alpha value is -2.74. The van der Waals surface area contributed by atoms with Gasteiger partial charge in [0.15, 0.2) is 11.3 Å². The van der Waals surface area contributed by atoms with Crippen LogP contribution in [0.2, 0.25) is 0 Å². The molecule has 0 amide bonds. The summed E-state index contributed by atoms with van der Waals surface area (Å²) in [6.07, 6.45) is 0. The fourth-order valence-corrected chi connectivity index (χ4v) is 2.54. The van der Waals surface area contributed by atoms with Crippen LogP contribution in [0, 0.1) is 5.82 Å². The standard InChI is InChI=1S/C17H22FN7/c1-10(2)13-14-15(25-24-13)16(23-17(22-14)20-7-6-19)21-9-11-4-3-5-12(18)8-11/h3-5,8,10H,6-7,9,19H2,1-2H3,(H,24,25)(H2,20,21,22,23). The number of H-pyrrole nitrogens is 1. The molecule has 1 aromatic carbocycles. The molecule has 3 rings (SSSR count). The van der Waals surface area contributed by atoms with Crippen LogP contribution in [0.5, 0.6) is 0 Å². The van der Waals surface area contributed by atoms with Crippen LogP contribution in [0.15, 0.2) is 24.3 Å². The van der Waals surface area contributed by atoms with Crippen LogP contribution in [0.25, 0.3) is 11.0 Å². The van der Waals surface area contributed by atoms with Gasteiger partial charge in [0.2, 0.25) is 5.95 Å². The molecular formula is C17H22FN7. The second-order valence-corrected chi connectivity index (χ2v) is 6.08. The van der Waals surface area contributed by atoms with Crippen molar-refractivity contribution >= 4 is 22.8 Å². The van der Waals surface area contributed by atoms with Crippen LogP contribution in [0.4, 0.5) is 16.2 Å². The van der Waals surface area contributed by atoms with Gasteiger partial charge in [-0.3, -0.25) is 5.10 Å². The normalized spacial score (nSPS) is 11.2. The molecule has 0 saturated carbocycles. The molecule has 0 saturated heterocycles. The molecule has 2 heterocycles. The lowest BCUT2D eigenvalue weighted by atomic mass is 10.1. The maximum Gasteiger partial charge on any atom is 0.225 e. The molecule has 25 heavy (non-hydrogen) atoms. The Morgan fingerprint density at radius 1 is 1.20 bits per heavy atom. The highest BCUT2D eigenvalue weighted by Crippen LogP contribution is 2.27. The monoisotopic (exact) mass is 343 g/mol. The van der Waals surface area contributed by atoms with Gasteiger partial charge in [-0.25, -0.2) is 9.37 Å². The zero-order valence-corrected chi connectivity index (χ0v) is 14.3. The Labute approximate surface area is 145 Å². The highest BCUT2D eigenvalue weighted by Gasteiger charge is 2.16. The number of aromatic amines is 1. The van der Waals surface area contributed by atoms with E-state index in [4.69, 9.17) is 5.73 Å². The van der Waals surface area contributed by atoms with E-state index in [0.717, 1.165) is 16.8 Å². The molecule has 7 nitrogen and oxygen atoms in total. The number of nitrogens with two attached hydrogens (primary N) is 1. The number of halogens is 1. The van der Waals surface area contributed by atoms with Gasteiger partial charge in [-0.15, -0.1) is 0 Å². The minimum Gasteiger partial charge on any atom is -0.364 e. The van der Waals surface area contributed by atoms with Crippen molar-refractivity contribution in [1.82, 2.24) is 20.2 Å². The van der Waals surface area contributed by atoms with Gasteiger partial charge in [0, 0.05) is 19.6 Å². The quantitative estimate of drug-likeness (QED) is 0.526. The second kappa shape index (κ2) is 7.43. The molecular weight excluding hydrogens is 321 g/mol. The van der Waals surface area contributed by atoms with Gasteiger partial charge in [-0.1, -0.05) is 26.0 Å². The summed E-state index contributed by atoms with van der Waals surface area (Å²) in [5.41, 5.74) is 8.75. The summed E-state index contributed by atoms with van der Waals surface area (Å²) in [4.78, 5) is 9.04. The Bertz CT molecular complexity index is 859. The number of benzene rings is 1. The van der Waals surface area contributed by atoms with E-state index in [-0.39, 0.29) is 11.7 Å². The maximum atomic E-state index is 13.3. The number of fused-ring (bicyclic) bond motifs is 1. The average Bonchev–Trinajstić information content (AvgIpc) is 3.02. The summed E-state index contributed by atoms with van der Waals surface area (Å²) in [6, 6.07) is 6.45. The predicted octanol–water partition coefficient (Wildman–Crippen LogP) is 2.60. The molecule has 3 aromatic rings. The zero-order chi connectivity index (χ0) is 17.8. The van der Waals surface area contributed by atoms with Crippen LogP contribution in [0.3, 0.4) is 0 Å². The molecule has 0 bridgehead atoms. The third-order valence-electron chi connectivity index (χ3n) is 3.78. The van der Waals surface area contributed by atoms with Crippen LogP contribution in [0.1, 0.15) is 31.0 Å². The number of rotatable bonds is 7. The number of nitrogens with one attached hydrogen (secondary N) is 3. The van der Waals surface area contributed by atoms with E-state index >= 15 is 0 Å². The summed E-state index contributed by atoms with van der Waals surface area (Å²) < 4.78 is 13.3. The lowest BCUT2D eigenvalue weighted by Crippen LogP contribution is -2.15. The summed E-state index contributed by atoms with van der Waals surface area (Å²) in [7, 11) is 0. The molecule has 0 aliphatic heterocycles. The van der Waals surface area contributed by atoms with E-state index in [1.165, 1.54) is 12.1 Å². The van der Waals surface area contributed by atoms with Crippen LogP contribution >= 0.6 is 0 Å². The molecule has 0 unspecified atom stereocenters. The summed E-state index contributed by atoms with van der Waals surface area (Å²) in [5, 5.41) is 13.7. The Balaban J connectivity index is 1.94. The van der Waals surface area contributed by atoms with E-state index in [0.29, 0.717) is 36.9 Å². The number of nitrogens with zero attached hydrogens (tertiary/aromatic N) is 3. The van der Waals surface area contributed by atoms with Gasteiger partial charge in [-0.2, -0.15) is 10.1 Å². The first-order valence-electron chi connectivity index (χ1n) is 8.26. The molecule has 8 heteroatoms. The van der Waals surface area contributed by atoms with Crippen molar-refractivity contribution in [2.24, 2.45) is 5.73 Å². The van der Waals surface area contributed by atoms with Gasteiger partial charge >= 0.3 is 0 Å². The van der Waals surface area contributed by atoms with Crippen molar-refractivity contribution in [3.05, 3.63) is 41.3 Å². The molecule has 0 radical (unpaired) electrons. The molecule has 0 fully saturated rings. The third-order valence-corrected chi connectivity index (χ3v) is 3.78. The predicted molar refractivity (Wildman–Crippen MR) is 97.0 cm³/mol. The highest BCUT2D eigenvalue weighted by atomic mass is 19.1. The molecule has 2 aromatic heterocycles.